The Morgan fingerprint density at radius 1 is 0.741 bits per heavy atom. The fraction of sp³-hybridized carbons (Fsp3) is 0.143. The summed E-state index contributed by atoms with van der Waals surface area (Å²) in [5.74, 6) is 0. The predicted molar refractivity (Wildman–Crippen MR) is 107 cm³/mol. The van der Waals surface area contributed by atoms with Gasteiger partial charge in [-0.15, -0.1) is 0 Å². The maximum absolute atomic E-state index is 12.6. The lowest BCUT2D eigenvalue weighted by molar-refractivity contribution is 1.10. The molecule has 0 aromatic heterocycles. The van der Waals surface area contributed by atoms with Crippen LogP contribution >= 0.6 is 0 Å². The van der Waals surface area contributed by atoms with Gasteiger partial charge in [0.2, 0.25) is 10.9 Å². The molecule has 0 aliphatic heterocycles. The molecular formula is C21H20N4O2. The Bertz CT molecular complexity index is 1190. The van der Waals surface area contributed by atoms with E-state index in [0.717, 1.165) is 28.1 Å². The fourth-order valence-corrected chi connectivity index (χ4v) is 2.54. The largest absolute Gasteiger partial charge is 0.287 e. The third kappa shape index (κ3) is 4.36. The van der Waals surface area contributed by atoms with Crippen molar-refractivity contribution < 1.29 is 0 Å². The molecule has 136 valence electrons. The van der Waals surface area contributed by atoms with Gasteiger partial charge in [-0.2, -0.15) is 10.2 Å². The van der Waals surface area contributed by atoms with Crippen LogP contribution in [0.4, 0.5) is 11.4 Å². The summed E-state index contributed by atoms with van der Waals surface area (Å²) in [4.78, 5) is 24.6. The molecule has 0 fully saturated rings. The lowest BCUT2D eigenvalue weighted by atomic mass is 10.1. The summed E-state index contributed by atoms with van der Waals surface area (Å²) in [6.45, 7) is 5.91. The van der Waals surface area contributed by atoms with Gasteiger partial charge < -0.3 is 0 Å². The van der Waals surface area contributed by atoms with Gasteiger partial charge in [0, 0.05) is 0 Å². The highest BCUT2D eigenvalue weighted by Gasteiger charge is 2.02. The number of nitrogens with one attached hydrogen (secondary N) is 2. The van der Waals surface area contributed by atoms with Crippen molar-refractivity contribution in [3.63, 3.8) is 0 Å². The molecule has 2 N–H and O–H groups in total. The van der Waals surface area contributed by atoms with Gasteiger partial charge in [0.1, 0.15) is 5.36 Å². The average molecular weight is 360 g/mol. The Morgan fingerprint density at radius 3 is 2.15 bits per heavy atom. The van der Waals surface area contributed by atoms with E-state index in [4.69, 9.17) is 0 Å². The summed E-state index contributed by atoms with van der Waals surface area (Å²) in [6.07, 6.45) is 0. The minimum absolute atomic E-state index is 0.122. The lowest BCUT2D eigenvalue weighted by Crippen LogP contribution is -2.48. The van der Waals surface area contributed by atoms with Crippen LogP contribution in [0, 0.1) is 20.8 Å². The number of nitrogens with zero attached hydrogens (tertiary/aromatic N) is 2. The number of benzene rings is 3. The highest BCUT2D eigenvalue weighted by Crippen LogP contribution is 2.15. The van der Waals surface area contributed by atoms with Gasteiger partial charge in [-0.3, -0.25) is 20.4 Å². The molecule has 0 bridgehead atoms. The molecule has 0 radical (unpaired) electrons. The molecule has 0 spiro atoms. The fourth-order valence-electron chi connectivity index (χ4n) is 2.54. The molecule has 3 aromatic carbocycles. The smallest absolute Gasteiger partial charge is 0.237 e. The Morgan fingerprint density at radius 2 is 1.44 bits per heavy atom. The van der Waals surface area contributed by atoms with E-state index >= 15 is 0 Å². The summed E-state index contributed by atoms with van der Waals surface area (Å²) in [7, 11) is 0. The second-order valence-electron chi connectivity index (χ2n) is 6.39. The van der Waals surface area contributed by atoms with Crippen molar-refractivity contribution in [2.45, 2.75) is 20.8 Å². The normalized spacial score (nSPS) is 12.3. The molecule has 0 saturated carbocycles. The second kappa shape index (κ2) is 7.78. The van der Waals surface area contributed by atoms with E-state index in [0.29, 0.717) is 0 Å². The van der Waals surface area contributed by atoms with Crippen molar-refractivity contribution in [2.75, 3.05) is 10.9 Å². The number of hydrogen-bond acceptors (Lipinski definition) is 6. The first kappa shape index (κ1) is 18.3. The molecule has 0 saturated heterocycles. The van der Waals surface area contributed by atoms with Crippen LogP contribution in [0.25, 0.3) is 0 Å². The summed E-state index contributed by atoms with van der Waals surface area (Å²) in [5.41, 5.74) is 9.35. The van der Waals surface area contributed by atoms with E-state index in [-0.39, 0.29) is 10.7 Å². The maximum Gasteiger partial charge on any atom is 0.237 e. The zero-order valence-corrected chi connectivity index (χ0v) is 15.4. The van der Waals surface area contributed by atoms with Gasteiger partial charge in [-0.05, 0) is 56.7 Å². The van der Waals surface area contributed by atoms with Gasteiger partial charge in [0.15, 0.2) is 5.36 Å². The van der Waals surface area contributed by atoms with Crippen molar-refractivity contribution in [1.29, 1.82) is 0 Å². The Balaban J connectivity index is 1.95. The standard InChI is InChI=1S/C21H20N4O2/c1-13-4-7-16(8-5-13)22-24-18-10-11-19(26)20(21(18)27)25-23-17-9-6-14(2)12-15(17)3/h4-12,22-23H,1-3H3/b24-18+,25-20+. The molecule has 3 rings (SSSR count). The molecule has 6 heteroatoms. The van der Waals surface area contributed by atoms with E-state index in [1.54, 1.807) is 0 Å². The molecule has 27 heavy (non-hydrogen) atoms. The first-order chi connectivity index (χ1) is 12.9. The van der Waals surface area contributed by atoms with Gasteiger partial charge >= 0.3 is 0 Å². The molecule has 6 nitrogen and oxygen atoms in total. The van der Waals surface area contributed by atoms with Crippen molar-refractivity contribution >= 4 is 11.4 Å². The first-order valence-corrected chi connectivity index (χ1v) is 8.52. The summed E-state index contributed by atoms with van der Waals surface area (Å²) >= 11 is 0. The van der Waals surface area contributed by atoms with E-state index < -0.39 is 10.9 Å². The number of anilines is 2. The Kier molecular flexibility index (Phi) is 5.26. The van der Waals surface area contributed by atoms with Crippen LogP contribution in [0.3, 0.4) is 0 Å². The van der Waals surface area contributed by atoms with Crippen LogP contribution in [0.2, 0.25) is 0 Å². The third-order valence-corrected chi connectivity index (χ3v) is 4.10. The molecule has 0 atom stereocenters. The minimum Gasteiger partial charge on any atom is -0.287 e. The van der Waals surface area contributed by atoms with Gasteiger partial charge in [-0.25, -0.2) is 0 Å². The molecular weight excluding hydrogens is 340 g/mol. The van der Waals surface area contributed by atoms with Crippen LogP contribution in [-0.2, 0) is 0 Å². The van der Waals surface area contributed by atoms with E-state index in [1.165, 1.54) is 12.1 Å². The van der Waals surface area contributed by atoms with Gasteiger partial charge in [-0.1, -0.05) is 35.4 Å². The summed E-state index contributed by atoms with van der Waals surface area (Å²) < 4.78 is 0. The van der Waals surface area contributed by atoms with E-state index in [2.05, 4.69) is 21.1 Å². The number of aryl methyl sites for hydroxylation is 3. The van der Waals surface area contributed by atoms with Crippen molar-refractivity contribution in [1.82, 2.24) is 0 Å². The van der Waals surface area contributed by atoms with Crippen LogP contribution < -0.4 is 32.4 Å². The lowest BCUT2D eigenvalue weighted by Gasteiger charge is -2.05. The average Bonchev–Trinajstić information content (AvgIpc) is 2.64. The monoisotopic (exact) mass is 360 g/mol. The van der Waals surface area contributed by atoms with E-state index in [9.17, 15) is 9.59 Å². The third-order valence-electron chi connectivity index (χ3n) is 4.10. The van der Waals surface area contributed by atoms with Crippen molar-refractivity contribution in [3.8, 4) is 0 Å². The van der Waals surface area contributed by atoms with Crippen LogP contribution in [0.5, 0.6) is 0 Å². The molecule has 0 heterocycles. The maximum atomic E-state index is 12.6. The van der Waals surface area contributed by atoms with Gasteiger partial charge in [0.05, 0.1) is 11.4 Å². The Labute approximate surface area is 156 Å². The Hall–Kier alpha value is -3.54. The second-order valence-corrected chi connectivity index (χ2v) is 6.39. The SMILES string of the molecule is Cc1ccc(N/N=c2\ccc(=O)/c(=N\Nc3ccc(C)cc3C)c2=O)cc1. The highest BCUT2D eigenvalue weighted by molar-refractivity contribution is 5.51. The summed E-state index contributed by atoms with van der Waals surface area (Å²) in [6, 6.07) is 16.1. The zero-order chi connectivity index (χ0) is 19.4. The van der Waals surface area contributed by atoms with E-state index in [1.807, 2.05) is 63.2 Å². The van der Waals surface area contributed by atoms with Crippen LogP contribution in [0.1, 0.15) is 16.7 Å². The van der Waals surface area contributed by atoms with Gasteiger partial charge in [0.25, 0.3) is 0 Å². The molecule has 0 aliphatic rings. The molecule has 0 amide bonds. The predicted octanol–water partition coefficient (Wildman–Crippen LogP) is 2.06. The quantitative estimate of drug-likeness (QED) is 0.698. The van der Waals surface area contributed by atoms with Crippen LogP contribution in [0.15, 0.2) is 74.4 Å². The zero-order valence-electron chi connectivity index (χ0n) is 15.4. The molecule has 0 unspecified atom stereocenters. The number of hydrogen-bond donors (Lipinski definition) is 2. The minimum atomic E-state index is -0.528. The topological polar surface area (TPSA) is 82.9 Å². The van der Waals surface area contributed by atoms with Crippen molar-refractivity contribution in [2.24, 2.45) is 10.2 Å². The highest BCUT2D eigenvalue weighted by atomic mass is 16.1. The first-order valence-electron chi connectivity index (χ1n) is 8.52. The summed E-state index contributed by atoms with van der Waals surface area (Å²) in [5, 5.41) is 8.06. The molecule has 3 aromatic rings. The molecule has 0 aliphatic carbocycles. The number of rotatable bonds is 4. The van der Waals surface area contributed by atoms with Crippen LogP contribution in [-0.4, -0.2) is 0 Å². The van der Waals surface area contributed by atoms with Crippen molar-refractivity contribution in [3.05, 3.63) is 102 Å².